The Balaban J connectivity index is 1.79. The molecule has 1 aliphatic rings. The third-order valence-electron chi connectivity index (χ3n) is 2.59. The number of hydrogen-bond donors (Lipinski definition) is 0. The van der Waals surface area contributed by atoms with Crippen molar-refractivity contribution in [2.24, 2.45) is 0 Å². The molecule has 81 valence electrons. The van der Waals surface area contributed by atoms with E-state index in [-0.39, 0.29) is 5.82 Å². The molecule has 2 nitrogen and oxygen atoms in total. The van der Waals surface area contributed by atoms with Crippen LogP contribution in [0.15, 0.2) is 24.3 Å². The molecule has 1 aromatic carbocycles. The standard InChI is InChI=1S/C12H15FNO/c13-10-4-6-12(7-5-10)15-9-11-3-1-2-8-14-11/h4-7,11H,1-3,8-9H2. The lowest BCUT2D eigenvalue weighted by Crippen LogP contribution is -2.33. The Morgan fingerprint density at radius 2 is 2.07 bits per heavy atom. The van der Waals surface area contributed by atoms with Gasteiger partial charge < -0.3 is 4.74 Å². The van der Waals surface area contributed by atoms with Crippen LogP contribution in [0.3, 0.4) is 0 Å². The number of piperidine rings is 1. The van der Waals surface area contributed by atoms with Gasteiger partial charge in [0.1, 0.15) is 18.2 Å². The monoisotopic (exact) mass is 208 g/mol. The van der Waals surface area contributed by atoms with Crippen molar-refractivity contribution in [3.63, 3.8) is 0 Å². The van der Waals surface area contributed by atoms with Gasteiger partial charge in [0.2, 0.25) is 0 Å². The summed E-state index contributed by atoms with van der Waals surface area (Å²) in [6.07, 6.45) is 3.55. The van der Waals surface area contributed by atoms with Crippen molar-refractivity contribution < 1.29 is 9.13 Å². The Morgan fingerprint density at radius 1 is 1.27 bits per heavy atom. The van der Waals surface area contributed by atoms with Gasteiger partial charge in [-0.15, -0.1) is 0 Å². The molecule has 0 saturated carbocycles. The molecule has 1 heterocycles. The van der Waals surface area contributed by atoms with Gasteiger partial charge in [-0.3, -0.25) is 0 Å². The second-order valence-corrected chi connectivity index (χ2v) is 3.82. The van der Waals surface area contributed by atoms with Crippen LogP contribution in [0.1, 0.15) is 19.3 Å². The first-order valence-corrected chi connectivity index (χ1v) is 5.39. The van der Waals surface area contributed by atoms with Crippen LogP contribution in [0.2, 0.25) is 0 Å². The van der Waals surface area contributed by atoms with Gasteiger partial charge in [-0.1, -0.05) is 6.42 Å². The average molecular weight is 208 g/mol. The summed E-state index contributed by atoms with van der Waals surface area (Å²) in [4.78, 5) is 0. The maximum absolute atomic E-state index is 12.6. The largest absolute Gasteiger partial charge is 0.492 e. The summed E-state index contributed by atoms with van der Waals surface area (Å²) < 4.78 is 18.1. The molecule has 0 spiro atoms. The molecule has 3 heteroatoms. The lowest BCUT2D eigenvalue weighted by Gasteiger charge is -2.21. The highest BCUT2D eigenvalue weighted by Crippen LogP contribution is 2.14. The fraction of sp³-hybridized carbons (Fsp3) is 0.500. The summed E-state index contributed by atoms with van der Waals surface area (Å²) in [6.45, 7) is 1.57. The van der Waals surface area contributed by atoms with Gasteiger partial charge in [0.05, 0.1) is 6.04 Å². The van der Waals surface area contributed by atoms with Crippen LogP contribution in [0.4, 0.5) is 4.39 Å². The zero-order valence-corrected chi connectivity index (χ0v) is 8.66. The molecule has 1 saturated heterocycles. The van der Waals surface area contributed by atoms with Crippen LogP contribution in [0, 0.1) is 5.82 Å². The van der Waals surface area contributed by atoms with E-state index in [0.717, 1.165) is 18.7 Å². The van der Waals surface area contributed by atoms with E-state index < -0.39 is 0 Å². The molecule has 0 N–H and O–H groups in total. The van der Waals surface area contributed by atoms with Gasteiger partial charge in [0.25, 0.3) is 0 Å². The van der Waals surface area contributed by atoms with Crippen LogP contribution in [-0.2, 0) is 0 Å². The number of rotatable bonds is 3. The topological polar surface area (TPSA) is 23.3 Å². The number of halogens is 1. The van der Waals surface area contributed by atoms with Crippen LogP contribution in [0.5, 0.6) is 5.75 Å². The Bertz CT molecular complexity index is 293. The molecular weight excluding hydrogens is 193 g/mol. The number of benzene rings is 1. The smallest absolute Gasteiger partial charge is 0.123 e. The summed E-state index contributed by atoms with van der Waals surface area (Å²) in [5.41, 5.74) is 0. The van der Waals surface area contributed by atoms with Crippen molar-refractivity contribution in [2.45, 2.75) is 25.3 Å². The third-order valence-corrected chi connectivity index (χ3v) is 2.59. The minimum atomic E-state index is -0.232. The van der Waals surface area contributed by atoms with E-state index in [9.17, 15) is 4.39 Å². The molecule has 1 aliphatic heterocycles. The molecule has 1 radical (unpaired) electrons. The van der Waals surface area contributed by atoms with Crippen LogP contribution in [0.25, 0.3) is 0 Å². The maximum Gasteiger partial charge on any atom is 0.123 e. The summed E-state index contributed by atoms with van der Waals surface area (Å²) in [7, 11) is 0. The van der Waals surface area contributed by atoms with Gasteiger partial charge in [-0.25, -0.2) is 9.71 Å². The fourth-order valence-electron chi connectivity index (χ4n) is 1.72. The Kier molecular flexibility index (Phi) is 3.56. The average Bonchev–Trinajstić information content (AvgIpc) is 2.30. The molecule has 0 aliphatic carbocycles. The van der Waals surface area contributed by atoms with E-state index in [1.807, 2.05) is 0 Å². The first-order valence-electron chi connectivity index (χ1n) is 5.39. The highest BCUT2D eigenvalue weighted by atomic mass is 19.1. The second kappa shape index (κ2) is 5.12. The molecule has 0 aromatic heterocycles. The normalized spacial score (nSPS) is 21.3. The molecular formula is C12H15FNO. The van der Waals surface area contributed by atoms with Crippen LogP contribution in [-0.4, -0.2) is 19.2 Å². The summed E-state index contributed by atoms with van der Waals surface area (Å²) in [6, 6.07) is 6.45. The number of hydrogen-bond acceptors (Lipinski definition) is 1. The minimum absolute atomic E-state index is 0.232. The molecule has 1 fully saturated rings. The van der Waals surface area contributed by atoms with Crippen molar-refractivity contribution in [3.8, 4) is 5.75 Å². The van der Waals surface area contributed by atoms with Crippen molar-refractivity contribution in [1.82, 2.24) is 5.32 Å². The molecule has 2 rings (SSSR count). The Morgan fingerprint density at radius 3 is 2.73 bits per heavy atom. The molecule has 0 amide bonds. The van der Waals surface area contributed by atoms with Crippen molar-refractivity contribution in [3.05, 3.63) is 30.1 Å². The van der Waals surface area contributed by atoms with E-state index in [1.165, 1.54) is 25.0 Å². The van der Waals surface area contributed by atoms with E-state index in [4.69, 9.17) is 4.74 Å². The number of ether oxygens (including phenoxy) is 1. The summed E-state index contributed by atoms with van der Waals surface area (Å²) in [5, 5.41) is 4.46. The Labute approximate surface area is 89.4 Å². The van der Waals surface area contributed by atoms with Gasteiger partial charge in [-0.05, 0) is 37.1 Å². The number of nitrogens with zero attached hydrogens (tertiary/aromatic N) is 1. The van der Waals surface area contributed by atoms with Gasteiger partial charge in [-0.2, -0.15) is 0 Å². The highest BCUT2D eigenvalue weighted by molar-refractivity contribution is 5.22. The Hall–Kier alpha value is -1.09. The maximum atomic E-state index is 12.6. The van der Waals surface area contributed by atoms with E-state index in [2.05, 4.69) is 5.32 Å². The van der Waals surface area contributed by atoms with Crippen molar-refractivity contribution in [1.29, 1.82) is 0 Å². The van der Waals surface area contributed by atoms with Crippen LogP contribution >= 0.6 is 0 Å². The predicted molar refractivity (Wildman–Crippen MR) is 56.5 cm³/mol. The highest BCUT2D eigenvalue weighted by Gasteiger charge is 2.14. The lowest BCUT2D eigenvalue weighted by molar-refractivity contribution is 0.235. The third kappa shape index (κ3) is 3.20. The van der Waals surface area contributed by atoms with Crippen molar-refractivity contribution in [2.75, 3.05) is 13.2 Å². The minimum Gasteiger partial charge on any atom is -0.492 e. The summed E-state index contributed by atoms with van der Waals surface area (Å²) >= 11 is 0. The predicted octanol–water partition coefficient (Wildman–Crippen LogP) is 2.36. The van der Waals surface area contributed by atoms with Gasteiger partial charge >= 0.3 is 0 Å². The first-order chi connectivity index (χ1) is 7.34. The SMILES string of the molecule is Fc1ccc(OCC2CCCC[N]2)cc1. The second-order valence-electron chi connectivity index (χ2n) is 3.82. The molecule has 0 bridgehead atoms. The van der Waals surface area contributed by atoms with Gasteiger partial charge in [0.15, 0.2) is 0 Å². The lowest BCUT2D eigenvalue weighted by atomic mass is 10.1. The molecule has 1 unspecified atom stereocenters. The molecule has 1 aromatic rings. The van der Waals surface area contributed by atoms with Gasteiger partial charge in [0, 0.05) is 6.54 Å². The summed E-state index contributed by atoms with van der Waals surface area (Å²) in [5.74, 6) is 0.488. The fourth-order valence-corrected chi connectivity index (χ4v) is 1.72. The van der Waals surface area contributed by atoms with E-state index in [0.29, 0.717) is 12.6 Å². The quantitative estimate of drug-likeness (QED) is 0.748. The zero-order chi connectivity index (χ0) is 10.5. The zero-order valence-electron chi connectivity index (χ0n) is 8.66. The van der Waals surface area contributed by atoms with E-state index >= 15 is 0 Å². The first kappa shape index (κ1) is 10.4. The molecule has 1 atom stereocenters. The van der Waals surface area contributed by atoms with E-state index in [1.54, 1.807) is 12.1 Å². The van der Waals surface area contributed by atoms with Crippen molar-refractivity contribution >= 4 is 0 Å². The van der Waals surface area contributed by atoms with Crippen LogP contribution < -0.4 is 10.1 Å². The molecule has 15 heavy (non-hydrogen) atoms.